The third-order valence-corrected chi connectivity index (χ3v) is 2.55. The SMILES string of the molecule is CC[C@@H]1CNCc2cnc(Cl)cc2O1.Cl. The van der Waals surface area contributed by atoms with Crippen molar-refractivity contribution in [2.45, 2.75) is 26.0 Å². The fourth-order valence-electron chi connectivity index (χ4n) is 1.50. The first-order chi connectivity index (χ1) is 6.79. The van der Waals surface area contributed by atoms with E-state index in [9.17, 15) is 0 Å². The minimum Gasteiger partial charge on any atom is -0.489 e. The zero-order valence-corrected chi connectivity index (χ0v) is 10.1. The van der Waals surface area contributed by atoms with Crippen LogP contribution >= 0.6 is 24.0 Å². The minimum absolute atomic E-state index is 0. The summed E-state index contributed by atoms with van der Waals surface area (Å²) in [6.45, 7) is 3.79. The lowest BCUT2D eigenvalue weighted by atomic mass is 10.2. The van der Waals surface area contributed by atoms with Gasteiger partial charge in [0, 0.05) is 30.9 Å². The number of ether oxygens (including phenoxy) is 1. The molecule has 1 aliphatic heterocycles. The maximum Gasteiger partial charge on any atom is 0.132 e. The van der Waals surface area contributed by atoms with Gasteiger partial charge in [0.15, 0.2) is 0 Å². The van der Waals surface area contributed by atoms with Crippen molar-refractivity contribution in [1.82, 2.24) is 10.3 Å². The Morgan fingerprint density at radius 1 is 1.67 bits per heavy atom. The van der Waals surface area contributed by atoms with E-state index >= 15 is 0 Å². The molecule has 0 saturated carbocycles. The van der Waals surface area contributed by atoms with Crippen LogP contribution < -0.4 is 10.1 Å². The van der Waals surface area contributed by atoms with Crippen LogP contribution in [0.25, 0.3) is 0 Å². The number of pyridine rings is 1. The van der Waals surface area contributed by atoms with Crippen LogP contribution in [0.5, 0.6) is 5.75 Å². The van der Waals surface area contributed by atoms with Crippen LogP contribution in [-0.4, -0.2) is 17.6 Å². The van der Waals surface area contributed by atoms with Crippen molar-refractivity contribution in [2.75, 3.05) is 6.54 Å². The highest BCUT2D eigenvalue weighted by atomic mass is 35.5. The number of fused-ring (bicyclic) bond motifs is 1. The highest BCUT2D eigenvalue weighted by Gasteiger charge is 2.16. The van der Waals surface area contributed by atoms with Crippen molar-refractivity contribution >= 4 is 24.0 Å². The Hall–Kier alpha value is -0.510. The monoisotopic (exact) mass is 248 g/mol. The molecule has 1 aliphatic rings. The van der Waals surface area contributed by atoms with Crippen LogP contribution in [0.2, 0.25) is 5.15 Å². The molecule has 3 nitrogen and oxygen atoms in total. The van der Waals surface area contributed by atoms with Gasteiger partial charge >= 0.3 is 0 Å². The summed E-state index contributed by atoms with van der Waals surface area (Å²) in [4.78, 5) is 4.03. The molecule has 0 spiro atoms. The Labute approximate surface area is 101 Å². The molecular formula is C10H14Cl2N2O. The van der Waals surface area contributed by atoms with Crippen LogP contribution in [0.1, 0.15) is 18.9 Å². The van der Waals surface area contributed by atoms with E-state index in [0.717, 1.165) is 30.8 Å². The van der Waals surface area contributed by atoms with Crippen LogP contribution in [0.3, 0.4) is 0 Å². The lowest BCUT2D eigenvalue weighted by Crippen LogP contribution is -2.27. The molecule has 0 aliphatic carbocycles. The second kappa shape index (κ2) is 5.54. The van der Waals surface area contributed by atoms with Crippen LogP contribution in [-0.2, 0) is 6.54 Å². The first-order valence-electron chi connectivity index (χ1n) is 4.81. The van der Waals surface area contributed by atoms with E-state index in [0.29, 0.717) is 5.15 Å². The number of nitrogens with one attached hydrogen (secondary N) is 1. The van der Waals surface area contributed by atoms with Gasteiger partial charge in [-0.05, 0) is 6.42 Å². The number of nitrogens with zero attached hydrogens (tertiary/aromatic N) is 1. The summed E-state index contributed by atoms with van der Waals surface area (Å²) in [5.74, 6) is 0.863. The van der Waals surface area contributed by atoms with Gasteiger partial charge in [-0.15, -0.1) is 12.4 Å². The number of hydrogen-bond acceptors (Lipinski definition) is 3. The number of aromatic nitrogens is 1. The molecule has 0 bridgehead atoms. The Morgan fingerprint density at radius 3 is 3.20 bits per heavy atom. The summed E-state index contributed by atoms with van der Waals surface area (Å²) in [5.41, 5.74) is 1.07. The summed E-state index contributed by atoms with van der Waals surface area (Å²) in [6.07, 6.45) is 2.99. The van der Waals surface area contributed by atoms with Gasteiger partial charge in [0.2, 0.25) is 0 Å². The van der Waals surface area contributed by atoms with Gasteiger partial charge < -0.3 is 10.1 Å². The summed E-state index contributed by atoms with van der Waals surface area (Å²) in [5, 5.41) is 3.80. The third kappa shape index (κ3) is 2.97. The second-order valence-corrected chi connectivity index (χ2v) is 3.78. The van der Waals surface area contributed by atoms with E-state index in [1.165, 1.54) is 0 Å². The lowest BCUT2D eigenvalue weighted by molar-refractivity contribution is 0.202. The van der Waals surface area contributed by atoms with Crippen molar-refractivity contribution in [3.05, 3.63) is 23.0 Å². The molecule has 0 radical (unpaired) electrons. The van der Waals surface area contributed by atoms with Gasteiger partial charge in [0.05, 0.1) is 0 Å². The number of rotatable bonds is 1. The third-order valence-electron chi connectivity index (χ3n) is 2.35. The fourth-order valence-corrected chi connectivity index (χ4v) is 1.65. The molecule has 1 N–H and O–H groups in total. The van der Waals surface area contributed by atoms with Crippen molar-refractivity contribution in [1.29, 1.82) is 0 Å². The van der Waals surface area contributed by atoms with E-state index < -0.39 is 0 Å². The molecule has 1 atom stereocenters. The number of hydrogen-bond donors (Lipinski definition) is 1. The van der Waals surface area contributed by atoms with Crippen molar-refractivity contribution < 1.29 is 4.74 Å². The van der Waals surface area contributed by atoms with E-state index in [2.05, 4.69) is 17.2 Å². The molecule has 1 aromatic heterocycles. The van der Waals surface area contributed by atoms with Gasteiger partial charge in [0.25, 0.3) is 0 Å². The zero-order valence-electron chi connectivity index (χ0n) is 8.50. The van der Waals surface area contributed by atoms with E-state index in [1.54, 1.807) is 12.3 Å². The Kier molecular flexibility index (Phi) is 4.64. The summed E-state index contributed by atoms with van der Waals surface area (Å²) >= 11 is 5.81. The molecule has 0 aromatic carbocycles. The smallest absolute Gasteiger partial charge is 0.132 e. The molecule has 84 valence electrons. The summed E-state index contributed by atoms with van der Waals surface area (Å²) in [7, 11) is 0. The maximum atomic E-state index is 5.81. The van der Waals surface area contributed by atoms with Crippen molar-refractivity contribution in [3.8, 4) is 5.75 Å². The van der Waals surface area contributed by atoms with Gasteiger partial charge in [-0.3, -0.25) is 0 Å². The standard InChI is InChI=1S/C10H13ClN2O.ClH/c1-2-8-6-12-4-7-5-13-10(11)3-9(7)14-8;/h3,5,8,12H,2,4,6H2,1H3;1H/t8-;/m1./s1. The Bertz CT molecular complexity index is 333. The van der Waals surface area contributed by atoms with Crippen LogP contribution in [0.4, 0.5) is 0 Å². The lowest BCUT2D eigenvalue weighted by Gasteiger charge is -2.14. The molecule has 15 heavy (non-hydrogen) atoms. The topological polar surface area (TPSA) is 34.2 Å². The molecule has 5 heteroatoms. The average Bonchev–Trinajstić information content (AvgIpc) is 2.38. The first-order valence-corrected chi connectivity index (χ1v) is 5.19. The second-order valence-electron chi connectivity index (χ2n) is 3.39. The zero-order chi connectivity index (χ0) is 9.97. The normalized spacial score (nSPS) is 19.5. The molecule has 2 heterocycles. The van der Waals surface area contributed by atoms with E-state index in [4.69, 9.17) is 16.3 Å². The predicted octanol–water partition coefficient (Wildman–Crippen LogP) is 2.42. The van der Waals surface area contributed by atoms with Gasteiger partial charge in [0.1, 0.15) is 17.0 Å². The average molecular weight is 249 g/mol. The van der Waals surface area contributed by atoms with E-state index in [1.807, 2.05) is 0 Å². The van der Waals surface area contributed by atoms with Crippen molar-refractivity contribution in [3.63, 3.8) is 0 Å². The van der Waals surface area contributed by atoms with Crippen molar-refractivity contribution in [2.24, 2.45) is 0 Å². The van der Waals surface area contributed by atoms with Gasteiger partial charge in [-0.25, -0.2) is 4.98 Å². The maximum absolute atomic E-state index is 5.81. The molecule has 0 fully saturated rings. The predicted molar refractivity (Wildman–Crippen MR) is 62.9 cm³/mol. The largest absolute Gasteiger partial charge is 0.489 e. The Balaban J connectivity index is 0.00000112. The highest BCUT2D eigenvalue weighted by Crippen LogP contribution is 2.24. The summed E-state index contributed by atoms with van der Waals surface area (Å²) in [6, 6.07) is 1.78. The van der Waals surface area contributed by atoms with Crippen LogP contribution in [0, 0.1) is 0 Å². The van der Waals surface area contributed by atoms with Crippen LogP contribution in [0.15, 0.2) is 12.3 Å². The van der Waals surface area contributed by atoms with E-state index in [-0.39, 0.29) is 18.5 Å². The molecule has 2 rings (SSSR count). The Morgan fingerprint density at radius 2 is 2.47 bits per heavy atom. The highest BCUT2D eigenvalue weighted by molar-refractivity contribution is 6.29. The fraction of sp³-hybridized carbons (Fsp3) is 0.500. The minimum atomic E-state index is 0. The van der Waals surface area contributed by atoms with Gasteiger partial charge in [-0.2, -0.15) is 0 Å². The number of halogens is 2. The van der Waals surface area contributed by atoms with Gasteiger partial charge in [-0.1, -0.05) is 18.5 Å². The summed E-state index contributed by atoms with van der Waals surface area (Å²) < 4.78 is 5.80. The first kappa shape index (κ1) is 12.6. The molecule has 0 amide bonds. The molecular weight excluding hydrogens is 235 g/mol. The molecule has 0 saturated heterocycles. The quantitative estimate of drug-likeness (QED) is 0.776. The molecule has 1 aromatic rings. The molecule has 0 unspecified atom stereocenters.